The third kappa shape index (κ3) is 3.12. The molecule has 3 heterocycles. The van der Waals surface area contributed by atoms with Gasteiger partial charge in [0.25, 0.3) is 5.91 Å². The van der Waals surface area contributed by atoms with Gasteiger partial charge in [0, 0.05) is 43.8 Å². The van der Waals surface area contributed by atoms with E-state index in [1.807, 2.05) is 28.6 Å². The summed E-state index contributed by atoms with van der Waals surface area (Å²) in [6, 6.07) is 2.01. The molecule has 9 heteroatoms. The van der Waals surface area contributed by atoms with Gasteiger partial charge in [-0.05, 0) is 18.9 Å². The predicted octanol–water partition coefficient (Wildman–Crippen LogP) is 0.526. The van der Waals surface area contributed by atoms with Crippen molar-refractivity contribution in [2.24, 2.45) is 7.05 Å². The molecule has 1 fully saturated rings. The van der Waals surface area contributed by atoms with Crippen molar-refractivity contribution in [1.29, 1.82) is 0 Å². The van der Waals surface area contributed by atoms with Crippen LogP contribution < -0.4 is 5.32 Å². The molecule has 3 aromatic heterocycles. The second-order valence-corrected chi connectivity index (χ2v) is 6.17. The highest BCUT2D eigenvalue weighted by molar-refractivity contribution is 5.92. The molecule has 128 valence electrons. The zero-order valence-electron chi connectivity index (χ0n) is 13.8. The van der Waals surface area contributed by atoms with Crippen LogP contribution in [0, 0.1) is 0 Å². The molecular formula is C16H18N8O. The van der Waals surface area contributed by atoms with E-state index in [0.29, 0.717) is 18.2 Å². The van der Waals surface area contributed by atoms with E-state index in [1.165, 1.54) is 12.4 Å². The molecule has 0 bridgehead atoms. The van der Waals surface area contributed by atoms with Crippen LogP contribution in [-0.4, -0.2) is 46.5 Å². The molecule has 1 aliphatic rings. The first-order valence-electron chi connectivity index (χ1n) is 8.13. The molecule has 0 atom stereocenters. The van der Waals surface area contributed by atoms with Gasteiger partial charge >= 0.3 is 0 Å². The number of aromatic nitrogens is 7. The average Bonchev–Trinajstić information content (AvgIpc) is 3.23. The summed E-state index contributed by atoms with van der Waals surface area (Å²) in [6.07, 6.45) is 9.86. The predicted molar refractivity (Wildman–Crippen MR) is 87.6 cm³/mol. The molecule has 0 aliphatic heterocycles. The van der Waals surface area contributed by atoms with Crippen LogP contribution in [0.3, 0.4) is 0 Å². The van der Waals surface area contributed by atoms with Crippen LogP contribution in [0.1, 0.15) is 40.9 Å². The van der Waals surface area contributed by atoms with Crippen LogP contribution in [0.15, 0.2) is 37.1 Å². The van der Waals surface area contributed by atoms with Crippen molar-refractivity contribution in [3.8, 4) is 0 Å². The minimum atomic E-state index is -0.186. The number of nitrogens with zero attached hydrogens (tertiary/aromatic N) is 7. The molecule has 1 aliphatic carbocycles. The van der Waals surface area contributed by atoms with Crippen molar-refractivity contribution in [2.75, 3.05) is 0 Å². The number of carbonyl (C=O) groups is 1. The van der Waals surface area contributed by atoms with Gasteiger partial charge in [-0.2, -0.15) is 5.10 Å². The van der Waals surface area contributed by atoms with Crippen LogP contribution in [0.2, 0.25) is 0 Å². The van der Waals surface area contributed by atoms with Crippen LogP contribution >= 0.6 is 0 Å². The summed E-state index contributed by atoms with van der Waals surface area (Å²) in [4.78, 5) is 20.0. The van der Waals surface area contributed by atoms with Crippen molar-refractivity contribution >= 4 is 5.91 Å². The third-order valence-electron chi connectivity index (χ3n) is 4.50. The fourth-order valence-corrected chi connectivity index (χ4v) is 3.03. The largest absolute Gasteiger partial charge is 0.348 e. The summed E-state index contributed by atoms with van der Waals surface area (Å²) in [7, 11) is 1.97. The summed E-state index contributed by atoms with van der Waals surface area (Å²) in [5.41, 5.74) is 0.339. The number of nitrogens with one attached hydrogen (secondary N) is 1. The van der Waals surface area contributed by atoms with Crippen molar-refractivity contribution in [3.63, 3.8) is 0 Å². The monoisotopic (exact) mass is 338 g/mol. The lowest BCUT2D eigenvalue weighted by atomic mass is 9.79. The van der Waals surface area contributed by atoms with E-state index < -0.39 is 0 Å². The average molecular weight is 338 g/mol. The molecule has 1 amide bonds. The first kappa shape index (κ1) is 15.4. The fraction of sp³-hybridized carbons (Fsp3) is 0.375. The first-order chi connectivity index (χ1) is 12.2. The van der Waals surface area contributed by atoms with Crippen molar-refractivity contribution in [3.05, 3.63) is 54.4 Å². The molecule has 0 unspecified atom stereocenters. The summed E-state index contributed by atoms with van der Waals surface area (Å²) >= 11 is 0. The highest BCUT2D eigenvalue weighted by Crippen LogP contribution is 2.36. The maximum Gasteiger partial charge on any atom is 0.271 e. The molecular weight excluding hydrogens is 320 g/mol. The second-order valence-electron chi connectivity index (χ2n) is 6.17. The van der Waals surface area contributed by atoms with Crippen LogP contribution in [-0.2, 0) is 13.6 Å². The Morgan fingerprint density at radius 2 is 2.16 bits per heavy atom. The SMILES string of the molecule is Cn1c(Cn2cccn2)nnc1C1CC(NC(=O)c2cnccn2)C1. The molecule has 1 N–H and O–H groups in total. The van der Waals surface area contributed by atoms with E-state index in [4.69, 9.17) is 0 Å². The molecule has 9 nitrogen and oxygen atoms in total. The molecule has 0 saturated heterocycles. The molecule has 3 aromatic rings. The summed E-state index contributed by atoms with van der Waals surface area (Å²) in [5.74, 6) is 1.93. The number of rotatable bonds is 5. The summed E-state index contributed by atoms with van der Waals surface area (Å²) in [6.45, 7) is 0.593. The molecule has 0 aromatic carbocycles. The van der Waals surface area contributed by atoms with Gasteiger partial charge in [0.15, 0.2) is 5.82 Å². The molecule has 0 radical (unpaired) electrons. The Labute approximate surface area is 144 Å². The zero-order chi connectivity index (χ0) is 17.2. The van der Waals surface area contributed by atoms with E-state index in [0.717, 1.165) is 24.5 Å². The van der Waals surface area contributed by atoms with Gasteiger partial charge < -0.3 is 9.88 Å². The van der Waals surface area contributed by atoms with E-state index in [9.17, 15) is 4.79 Å². The number of amides is 1. The van der Waals surface area contributed by atoms with E-state index in [1.54, 1.807) is 12.4 Å². The first-order valence-corrected chi connectivity index (χ1v) is 8.13. The van der Waals surface area contributed by atoms with Crippen molar-refractivity contribution in [2.45, 2.75) is 31.3 Å². The standard InChI is InChI=1S/C16H18N8O/c1-23-14(10-24-6-2-3-19-24)21-22-15(23)11-7-12(8-11)20-16(25)13-9-17-4-5-18-13/h2-6,9,11-12H,7-8,10H2,1H3,(H,20,25). The van der Waals surface area contributed by atoms with Gasteiger partial charge in [0.05, 0.1) is 6.20 Å². The van der Waals surface area contributed by atoms with Gasteiger partial charge in [-0.3, -0.25) is 14.5 Å². The lowest BCUT2D eigenvalue weighted by Crippen LogP contribution is -2.44. The Kier molecular flexibility index (Phi) is 3.96. The number of hydrogen-bond acceptors (Lipinski definition) is 6. The summed E-state index contributed by atoms with van der Waals surface area (Å²) in [5, 5.41) is 15.8. The Morgan fingerprint density at radius 3 is 2.88 bits per heavy atom. The smallest absolute Gasteiger partial charge is 0.271 e. The molecule has 0 spiro atoms. The van der Waals surface area contributed by atoms with Crippen molar-refractivity contribution < 1.29 is 4.79 Å². The lowest BCUT2D eigenvalue weighted by Gasteiger charge is -2.34. The quantitative estimate of drug-likeness (QED) is 0.728. The van der Waals surface area contributed by atoms with Crippen LogP contribution in [0.5, 0.6) is 0 Å². The third-order valence-corrected chi connectivity index (χ3v) is 4.50. The van der Waals surface area contributed by atoms with Gasteiger partial charge in [-0.15, -0.1) is 10.2 Å². The Balaban J connectivity index is 1.35. The van der Waals surface area contributed by atoms with Gasteiger partial charge in [0.1, 0.15) is 18.1 Å². The van der Waals surface area contributed by atoms with Crippen LogP contribution in [0.4, 0.5) is 0 Å². The van der Waals surface area contributed by atoms with Crippen molar-refractivity contribution in [1.82, 2.24) is 39.8 Å². The van der Waals surface area contributed by atoms with Crippen LogP contribution in [0.25, 0.3) is 0 Å². The van der Waals surface area contributed by atoms with E-state index in [2.05, 4.69) is 30.6 Å². The van der Waals surface area contributed by atoms with Gasteiger partial charge in [0.2, 0.25) is 0 Å². The molecule has 25 heavy (non-hydrogen) atoms. The molecule has 1 saturated carbocycles. The van der Waals surface area contributed by atoms with E-state index in [-0.39, 0.29) is 11.9 Å². The maximum atomic E-state index is 12.1. The molecule has 4 rings (SSSR count). The minimum absolute atomic E-state index is 0.130. The van der Waals surface area contributed by atoms with Gasteiger partial charge in [-0.1, -0.05) is 0 Å². The second kappa shape index (κ2) is 6.42. The lowest BCUT2D eigenvalue weighted by molar-refractivity contribution is 0.0901. The Hall–Kier alpha value is -3.10. The number of carbonyl (C=O) groups excluding carboxylic acids is 1. The maximum absolute atomic E-state index is 12.1. The van der Waals surface area contributed by atoms with Gasteiger partial charge in [-0.25, -0.2) is 4.98 Å². The Morgan fingerprint density at radius 1 is 1.28 bits per heavy atom. The number of hydrogen-bond donors (Lipinski definition) is 1. The highest BCUT2D eigenvalue weighted by atomic mass is 16.2. The minimum Gasteiger partial charge on any atom is -0.348 e. The normalized spacial score (nSPS) is 19.4. The zero-order valence-corrected chi connectivity index (χ0v) is 13.8. The summed E-state index contributed by atoms with van der Waals surface area (Å²) < 4.78 is 3.84. The highest BCUT2D eigenvalue weighted by Gasteiger charge is 2.35. The Bertz CT molecular complexity index is 852. The van der Waals surface area contributed by atoms with E-state index >= 15 is 0 Å². The topological polar surface area (TPSA) is 103 Å². The fourth-order valence-electron chi connectivity index (χ4n) is 3.03.